The topological polar surface area (TPSA) is 63.9 Å². The van der Waals surface area contributed by atoms with Crippen molar-refractivity contribution in [1.29, 1.82) is 0 Å². The Kier molecular flexibility index (Phi) is 6.47. The third-order valence-electron chi connectivity index (χ3n) is 6.61. The Labute approximate surface area is 205 Å². The van der Waals surface area contributed by atoms with Crippen molar-refractivity contribution in [3.63, 3.8) is 0 Å². The van der Waals surface area contributed by atoms with E-state index in [2.05, 4.69) is 41.8 Å². The van der Waals surface area contributed by atoms with Crippen LogP contribution < -0.4 is 0 Å². The predicted octanol–water partition coefficient (Wildman–Crippen LogP) is 4.97. The fraction of sp³-hybridized carbons (Fsp3) is 0.276. The highest BCUT2D eigenvalue weighted by molar-refractivity contribution is 5.94. The molecule has 4 aromatic rings. The molecule has 0 aliphatic carbocycles. The molecule has 1 aliphatic heterocycles. The van der Waals surface area contributed by atoms with Gasteiger partial charge in [0.25, 0.3) is 0 Å². The van der Waals surface area contributed by atoms with Crippen molar-refractivity contribution in [2.24, 2.45) is 0 Å². The first kappa shape index (κ1) is 23.0. The van der Waals surface area contributed by atoms with Crippen LogP contribution in [0, 0.1) is 6.92 Å². The number of benzene rings is 2. The van der Waals surface area contributed by atoms with Gasteiger partial charge in [-0.1, -0.05) is 54.1 Å². The molecule has 178 valence electrons. The van der Waals surface area contributed by atoms with Gasteiger partial charge in [0, 0.05) is 36.8 Å². The number of rotatable bonds is 6. The number of morpholine rings is 1. The zero-order valence-electron chi connectivity index (χ0n) is 20.2. The molecular weight excluding hydrogens is 438 g/mol. The molecule has 1 fully saturated rings. The number of imidazole rings is 1. The van der Waals surface area contributed by atoms with E-state index in [4.69, 9.17) is 9.72 Å². The molecule has 35 heavy (non-hydrogen) atoms. The first-order valence-electron chi connectivity index (χ1n) is 12.0. The molecular formula is C29H29N3O3. The van der Waals surface area contributed by atoms with Gasteiger partial charge in [-0.2, -0.15) is 0 Å². The lowest BCUT2D eigenvalue weighted by molar-refractivity contribution is -0.135. The highest BCUT2D eigenvalue weighted by atomic mass is 16.5. The summed E-state index contributed by atoms with van der Waals surface area (Å²) in [5.41, 5.74) is 7.76. The third-order valence-corrected chi connectivity index (χ3v) is 6.61. The Balaban J connectivity index is 1.52. The monoisotopic (exact) mass is 467 g/mol. The van der Waals surface area contributed by atoms with Crippen LogP contribution in [0.15, 0.2) is 66.9 Å². The van der Waals surface area contributed by atoms with E-state index >= 15 is 0 Å². The number of ketones is 1. The first-order chi connectivity index (χ1) is 17.0. The quantitative estimate of drug-likeness (QED) is 0.376. The van der Waals surface area contributed by atoms with E-state index in [1.165, 1.54) is 5.56 Å². The molecule has 0 saturated carbocycles. The number of Topliss-reactive ketones (excluding diaryl/α,β-unsaturated/α-hetero) is 1. The van der Waals surface area contributed by atoms with E-state index in [0.29, 0.717) is 44.7 Å². The molecule has 6 nitrogen and oxygen atoms in total. The maximum Gasteiger partial charge on any atom is 0.223 e. The van der Waals surface area contributed by atoms with Crippen LogP contribution >= 0.6 is 0 Å². The van der Waals surface area contributed by atoms with Crippen molar-refractivity contribution in [3.05, 3.63) is 83.7 Å². The van der Waals surface area contributed by atoms with Gasteiger partial charge in [-0.3, -0.25) is 9.59 Å². The van der Waals surface area contributed by atoms with E-state index in [-0.39, 0.29) is 11.7 Å². The lowest BCUT2D eigenvalue weighted by Gasteiger charge is -2.26. The molecule has 0 bridgehead atoms. The van der Waals surface area contributed by atoms with Crippen molar-refractivity contribution in [2.45, 2.75) is 26.7 Å². The molecule has 0 atom stereocenters. The van der Waals surface area contributed by atoms with Crippen molar-refractivity contribution in [2.75, 3.05) is 26.3 Å². The molecule has 0 radical (unpaired) electrons. The zero-order valence-corrected chi connectivity index (χ0v) is 20.2. The summed E-state index contributed by atoms with van der Waals surface area (Å²) < 4.78 is 7.50. The standard InChI is InChI=1S/C29H29N3O3/c1-20-3-5-24(6-4-20)29-26(12-14-28(34)31-15-17-35-18-16-31)32-19-25(11-13-27(32)30-29)23-9-7-22(8-10-23)21(2)33/h3-11,13,19H,12,14-18H2,1-2H3. The largest absolute Gasteiger partial charge is 0.378 e. The molecule has 0 unspecified atom stereocenters. The van der Waals surface area contributed by atoms with E-state index in [1.807, 2.05) is 41.3 Å². The normalized spacial score (nSPS) is 13.8. The van der Waals surface area contributed by atoms with Gasteiger partial charge in [0.2, 0.25) is 5.91 Å². The van der Waals surface area contributed by atoms with Gasteiger partial charge in [0.05, 0.1) is 24.6 Å². The van der Waals surface area contributed by atoms with Crippen LogP contribution in [0.3, 0.4) is 0 Å². The smallest absolute Gasteiger partial charge is 0.223 e. The summed E-state index contributed by atoms with van der Waals surface area (Å²) in [4.78, 5) is 31.4. The van der Waals surface area contributed by atoms with Crippen molar-refractivity contribution < 1.29 is 14.3 Å². The summed E-state index contributed by atoms with van der Waals surface area (Å²) in [6.07, 6.45) is 3.09. The Morgan fingerprint density at radius 2 is 1.54 bits per heavy atom. The number of ether oxygens (including phenoxy) is 1. The van der Waals surface area contributed by atoms with E-state index in [9.17, 15) is 9.59 Å². The predicted molar refractivity (Wildman–Crippen MR) is 137 cm³/mol. The number of carbonyl (C=O) groups excluding carboxylic acids is 2. The van der Waals surface area contributed by atoms with E-state index in [1.54, 1.807) is 6.92 Å². The van der Waals surface area contributed by atoms with Gasteiger partial charge in [0.1, 0.15) is 5.65 Å². The number of pyridine rings is 1. The Morgan fingerprint density at radius 1 is 0.886 bits per heavy atom. The fourth-order valence-corrected chi connectivity index (χ4v) is 4.54. The number of hydrogen-bond acceptors (Lipinski definition) is 4. The second kappa shape index (κ2) is 9.84. The molecule has 1 amide bonds. The fourth-order valence-electron chi connectivity index (χ4n) is 4.54. The van der Waals surface area contributed by atoms with Gasteiger partial charge in [-0.05, 0) is 43.5 Å². The second-order valence-corrected chi connectivity index (χ2v) is 9.05. The SMILES string of the molecule is CC(=O)c1ccc(-c2ccc3nc(-c4ccc(C)cc4)c(CCC(=O)N4CCOCC4)n3c2)cc1. The summed E-state index contributed by atoms with van der Waals surface area (Å²) >= 11 is 0. The highest BCUT2D eigenvalue weighted by Gasteiger charge is 2.20. The average molecular weight is 468 g/mol. The number of aryl methyl sites for hydroxylation is 2. The number of nitrogens with zero attached hydrogens (tertiary/aromatic N) is 3. The molecule has 3 heterocycles. The number of aromatic nitrogens is 2. The number of amides is 1. The summed E-state index contributed by atoms with van der Waals surface area (Å²) in [5, 5.41) is 0. The van der Waals surface area contributed by atoms with Gasteiger partial charge in [0.15, 0.2) is 5.78 Å². The molecule has 0 spiro atoms. The molecule has 2 aromatic carbocycles. The van der Waals surface area contributed by atoms with E-state index < -0.39 is 0 Å². The van der Waals surface area contributed by atoms with Crippen LogP contribution in [0.1, 0.15) is 35.0 Å². The Hall–Kier alpha value is -3.77. The number of fused-ring (bicyclic) bond motifs is 1. The van der Waals surface area contributed by atoms with Crippen LogP contribution in [0.2, 0.25) is 0 Å². The maximum absolute atomic E-state index is 12.9. The van der Waals surface area contributed by atoms with Crippen LogP contribution in [-0.2, 0) is 16.0 Å². The van der Waals surface area contributed by atoms with Gasteiger partial charge < -0.3 is 14.0 Å². The summed E-state index contributed by atoms with van der Waals surface area (Å²) in [5.74, 6) is 0.200. The molecule has 6 heteroatoms. The van der Waals surface area contributed by atoms with Gasteiger partial charge >= 0.3 is 0 Å². The first-order valence-corrected chi connectivity index (χ1v) is 12.0. The lowest BCUT2D eigenvalue weighted by Crippen LogP contribution is -2.40. The van der Waals surface area contributed by atoms with Gasteiger partial charge in [-0.25, -0.2) is 4.98 Å². The van der Waals surface area contributed by atoms with Crippen molar-refractivity contribution in [3.8, 4) is 22.4 Å². The van der Waals surface area contributed by atoms with Crippen LogP contribution in [-0.4, -0.2) is 52.3 Å². The number of carbonyl (C=O) groups is 2. The molecule has 0 N–H and O–H groups in total. The lowest BCUT2D eigenvalue weighted by atomic mass is 10.0. The highest BCUT2D eigenvalue weighted by Crippen LogP contribution is 2.29. The Bertz CT molecular complexity index is 1370. The molecule has 1 saturated heterocycles. The minimum Gasteiger partial charge on any atom is -0.378 e. The average Bonchev–Trinajstić information content (AvgIpc) is 3.26. The zero-order chi connectivity index (χ0) is 24.4. The molecule has 2 aromatic heterocycles. The van der Waals surface area contributed by atoms with E-state index in [0.717, 1.165) is 33.7 Å². The van der Waals surface area contributed by atoms with Gasteiger partial charge in [-0.15, -0.1) is 0 Å². The maximum atomic E-state index is 12.9. The van der Waals surface area contributed by atoms with Crippen LogP contribution in [0.25, 0.3) is 28.0 Å². The summed E-state index contributed by atoms with van der Waals surface area (Å²) in [6.45, 7) is 6.14. The molecule has 5 rings (SSSR count). The van der Waals surface area contributed by atoms with Crippen LogP contribution in [0.4, 0.5) is 0 Å². The van der Waals surface area contributed by atoms with Crippen molar-refractivity contribution in [1.82, 2.24) is 14.3 Å². The molecule has 1 aliphatic rings. The number of hydrogen-bond donors (Lipinski definition) is 0. The van der Waals surface area contributed by atoms with Crippen LogP contribution in [0.5, 0.6) is 0 Å². The summed E-state index contributed by atoms with van der Waals surface area (Å²) in [6, 6.07) is 20.1. The minimum absolute atomic E-state index is 0.0524. The Morgan fingerprint density at radius 3 is 2.23 bits per heavy atom. The summed E-state index contributed by atoms with van der Waals surface area (Å²) in [7, 11) is 0. The third kappa shape index (κ3) is 4.88. The second-order valence-electron chi connectivity index (χ2n) is 9.05. The van der Waals surface area contributed by atoms with Crippen molar-refractivity contribution >= 4 is 17.3 Å². The minimum atomic E-state index is 0.0524.